The highest BCUT2D eigenvalue weighted by Gasteiger charge is 2.32. The third-order valence-electron chi connectivity index (χ3n) is 3.04. The molecule has 0 saturated heterocycles. The number of rotatable bonds is 5. The van der Waals surface area contributed by atoms with Crippen LogP contribution in [0, 0.1) is 3.95 Å². The molecule has 6 nitrogen and oxygen atoms in total. The number of fused-ring (bicyclic) bond motifs is 1. The molecule has 118 valence electrons. The number of benzene rings is 1. The Morgan fingerprint density at radius 1 is 1.52 bits per heavy atom. The average Bonchev–Trinajstić information content (AvgIpc) is 2.97. The van der Waals surface area contributed by atoms with Crippen molar-refractivity contribution < 1.29 is 14.3 Å². The van der Waals surface area contributed by atoms with Crippen molar-refractivity contribution in [1.82, 2.24) is 10.2 Å². The maximum Gasteiger partial charge on any atom is 0.232 e. The topological polar surface area (TPSA) is 76.2 Å². The molecule has 0 unspecified atom stereocenters. The van der Waals surface area contributed by atoms with Gasteiger partial charge in [-0.25, -0.2) is 0 Å². The van der Waals surface area contributed by atoms with Crippen molar-refractivity contribution in [2.45, 2.75) is 6.29 Å². The van der Waals surface area contributed by atoms with Crippen molar-refractivity contribution in [3.8, 4) is 5.75 Å². The van der Waals surface area contributed by atoms with Crippen molar-refractivity contribution in [2.75, 3.05) is 11.9 Å². The zero-order chi connectivity index (χ0) is 16.2. The fourth-order valence-electron chi connectivity index (χ4n) is 2.04. The summed E-state index contributed by atoms with van der Waals surface area (Å²) in [5.74, 6) is 0.340. The number of anilines is 1. The smallest absolute Gasteiger partial charge is 0.232 e. The summed E-state index contributed by atoms with van der Waals surface area (Å²) < 4.78 is 11.9. The Morgan fingerprint density at radius 3 is 3.09 bits per heavy atom. The summed E-state index contributed by atoms with van der Waals surface area (Å²) in [7, 11) is 0. The zero-order valence-electron chi connectivity index (χ0n) is 11.9. The molecule has 23 heavy (non-hydrogen) atoms. The Bertz CT molecular complexity index is 825. The van der Waals surface area contributed by atoms with Crippen LogP contribution in [0.15, 0.2) is 48.7 Å². The van der Waals surface area contributed by atoms with Gasteiger partial charge in [-0.05, 0) is 24.4 Å². The highest BCUT2D eigenvalue weighted by Crippen LogP contribution is 2.31. The fraction of sp³-hybridized carbons (Fsp3) is 0.133. The molecule has 0 spiro atoms. The first kappa shape index (κ1) is 15.6. The molecule has 2 N–H and O–H groups in total. The predicted octanol–water partition coefficient (Wildman–Crippen LogP) is 3.30. The van der Waals surface area contributed by atoms with Gasteiger partial charge in [-0.15, -0.1) is 11.7 Å². The van der Waals surface area contributed by atoms with Crippen molar-refractivity contribution in [3.05, 3.63) is 58.2 Å². The van der Waals surface area contributed by atoms with E-state index < -0.39 is 6.29 Å². The second kappa shape index (κ2) is 6.86. The lowest BCUT2D eigenvalue weighted by molar-refractivity contribution is -0.0444. The number of H-pyrrole nitrogens is 1. The van der Waals surface area contributed by atoms with Gasteiger partial charge >= 0.3 is 0 Å². The summed E-state index contributed by atoms with van der Waals surface area (Å²) in [4.78, 5) is 12.7. The normalized spacial score (nSPS) is 18.3. The largest absolute Gasteiger partial charge is 0.460 e. The maximum atomic E-state index is 12.7. The number of carbonyl (C=O) groups is 1. The van der Waals surface area contributed by atoms with Crippen molar-refractivity contribution in [3.63, 3.8) is 0 Å². The van der Waals surface area contributed by atoms with E-state index in [1.165, 1.54) is 17.5 Å². The van der Waals surface area contributed by atoms with Gasteiger partial charge in [-0.3, -0.25) is 9.89 Å². The standard InChI is InChI=1S/C15H13N3O3S2/c1-2-7-20-13-10(8-16-14-17-18-15(22)23-14)12(19)9-5-3-4-6-11(9)21-13/h2-6,8,13H,1,7H2,(H,16,17)(H,18,22)/b10-8-/t13-/m1/s1. The SMILES string of the molecule is C=CCO[C@@H]1Oc2ccccc2C(=O)/C1=C/Nc1n[nH]c(=S)s1. The van der Waals surface area contributed by atoms with Crippen molar-refractivity contribution in [1.29, 1.82) is 0 Å². The molecule has 1 aliphatic heterocycles. The Balaban J connectivity index is 1.91. The first-order chi connectivity index (χ1) is 11.2. The van der Waals surface area contributed by atoms with E-state index >= 15 is 0 Å². The van der Waals surface area contributed by atoms with Crippen LogP contribution in [0.5, 0.6) is 5.75 Å². The van der Waals surface area contributed by atoms with Gasteiger partial charge in [0.25, 0.3) is 0 Å². The molecule has 1 aliphatic rings. The number of nitrogens with one attached hydrogen (secondary N) is 2. The number of Topliss-reactive ketones (excluding diaryl/α,β-unsaturated/α-hetero) is 1. The number of hydrogen-bond donors (Lipinski definition) is 2. The number of ether oxygens (including phenoxy) is 2. The number of aromatic nitrogens is 2. The van der Waals surface area contributed by atoms with E-state index in [1.807, 2.05) is 0 Å². The highest BCUT2D eigenvalue weighted by atomic mass is 32.1. The predicted molar refractivity (Wildman–Crippen MR) is 90.3 cm³/mol. The fourth-order valence-corrected chi connectivity index (χ4v) is 2.80. The van der Waals surface area contributed by atoms with Gasteiger partial charge in [-0.2, -0.15) is 0 Å². The molecule has 0 bridgehead atoms. The molecule has 0 radical (unpaired) electrons. The summed E-state index contributed by atoms with van der Waals surface area (Å²) in [5, 5.41) is 10.1. The minimum absolute atomic E-state index is 0.160. The molecule has 0 fully saturated rings. The monoisotopic (exact) mass is 347 g/mol. The molecule has 8 heteroatoms. The molecule has 2 heterocycles. The lowest BCUT2D eigenvalue weighted by atomic mass is 10.00. The quantitative estimate of drug-likeness (QED) is 0.491. The van der Waals surface area contributed by atoms with Crippen LogP contribution < -0.4 is 10.1 Å². The van der Waals surface area contributed by atoms with Crippen molar-refractivity contribution >= 4 is 34.5 Å². The first-order valence-corrected chi connectivity index (χ1v) is 7.96. The van der Waals surface area contributed by atoms with Gasteiger partial charge in [0.05, 0.1) is 17.7 Å². The third-order valence-corrected chi connectivity index (χ3v) is 4.06. The Kier molecular flexibility index (Phi) is 4.65. The Labute approximate surface area is 141 Å². The van der Waals surface area contributed by atoms with Gasteiger partial charge < -0.3 is 14.8 Å². The number of ketones is 1. The molecule has 1 aromatic heterocycles. The van der Waals surface area contributed by atoms with Crippen LogP contribution in [0.2, 0.25) is 0 Å². The lowest BCUT2D eigenvalue weighted by Gasteiger charge is -2.27. The van der Waals surface area contributed by atoms with Crippen LogP contribution in [-0.2, 0) is 4.74 Å². The van der Waals surface area contributed by atoms with Crippen LogP contribution in [0.1, 0.15) is 10.4 Å². The van der Waals surface area contributed by atoms with Crippen LogP contribution >= 0.6 is 23.6 Å². The van der Waals surface area contributed by atoms with E-state index in [4.69, 9.17) is 21.7 Å². The maximum absolute atomic E-state index is 12.7. The molecule has 0 saturated carbocycles. The third kappa shape index (κ3) is 3.39. The highest BCUT2D eigenvalue weighted by molar-refractivity contribution is 7.73. The number of nitrogens with zero attached hydrogens (tertiary/aromatic N) is 1. The van der Waals surface area contributed by atoms with E-state index in [2.05, 4.69) is 22.1 Å². The molecular weight excluding hydrogens is 334 g/mol. The van der Waals surface area contributed by atoms with Crippen LogP contribution in [-0.4, -0.2) is 28.9 Å². The minimum Gasteiger partial charge on any atom is -0.460 e. The van der Waals surface area contributed by atoms with Crippen LogP contribution in [0.3, 0.4) is 0 Å². The molecular formula is C15H13N3O3S2. The number of hydrogen-bond acceptors (Lipinski definition) is 7. The number of para-hydroxylation sites is 1. The van der Waals surface area contributed by atoms with Gasteiger partial charge in [0.1, 0.15) is 5.75 Å². The van der Waals surface area contributed by atoms with E-state index in [0.717, 1.165) is 0 Å². The summed E-state index contributed by atoms with van der Waals surface area (Å²) >= 11 is 6.24. The average molecular weight is 347 g/mol. The Morgan fingerprint density at radius 2 is 2.35 bits per heavy atom. The summed E-state index contributed by atoms with van der Waals surface area (Å²) in [6.45, 7) is 3.87. The molecule has 0 amide bonds. The summed E-state index contributed by atoms with van der Waals surface area (Å²) in [6, 6.07) is 7.05. The van der Waals surface area contributed by atoms with Gasteiger partial charge in [-0.1, -0.05) is 29.5 Å². The first-order valence-electron chi connectivity index (χ1n) is 6.74. The van der Waals surface area contributed by atoms with Crippen LogP contribution in [0.4, 0.5) is 5.13 Å². The molecule has 3 rings (SSSR count). The number of carbonyl (C=O) groups excluding carboxylic acids is 1. The molecule has 1 aromatic carbocycles. The second-order valence-electron chi connectivity index (χ2n) is 4.56. The van der Waals surface area contributed by atoms with Crippen molar-refractivity contribution in [2.24, 2.45) is 0 Å². The van der Waals surface area contributed by atoms with Crippen LogP contribution in [0.25, 0.3) is 0 Å². The molecule has 0 aliphatic carbocycles. The van der Waals surface area contributed by atoms with Gasteiger partial charge in [0, 0.05) is 6.20 Å². The number of aromatic amines is 1. The van der Waals surface area contributed by atoms with E-state index in [0.29, 0.717) is 26.0 Å². The second-order valence-corrected chi connectivity index (χ2v) is 6.23. The Hall–Kier alpha value is -2.29. The molecule has 2 aromatic rings. The van der Waals surface area contributed by atoms with E-state index in [-0.39, 0.29) is 12.4 Å². The summed E-state index contributed by atoms with van der Waals surface area (Å²) in [5.41, 5.74) is 0.848. The summed E-state index contributed by atoms with van der Waals surface area (Å²) in [6.07, 6.45) is 2.32. The molecule has 1 atom stereocenters. The van der Waals surface area contributed by atoms with Gasteiger partial charge in [0.2, 0.25) is 11.4 Å². The zero-order valence-corrected chi connectivity index (χ0v) is 13.6. The lowest BCUT2D eigenvalue weighted by Crippen LogP contribution is -2.33. The van der Waals surface area contributed by atoms with E-state index in [9.17, 15) is 4.79 Å². The van der Waals surface area contributed by atoms with Gasteiger partial charge in [0.15, 0.2) is 9.74 Å². The van der Waals surface area contributed by atoms with E-state index in [1.54, 1.807) is 30.3 Å². The minimum atomic E-state index is -0.810.